The van der Waals surface area contributed by atoms with Crippen LogP contribution in [0.5, 0.6) is 0 Å². The van der Waals surface area contributed by atoms with Gasteiger partial charge >= 0.3 is 6.18 Å². The zero-order valence-corrected chi connectivity index (χ0v) is 25.5. The van der Waals surface area contributed by atoms with Gasteiger partial charge in [0, 0.05) is 43.5 Å². The van der Waals surface area contributed by atoms with Crippen LogP contribution >= 0.6 is 11.6 Å². The highest BCUT2D eigenvalue weighted by Gasteiger charge is 2.40. The van der Waals surface area contributed by atoms with E-state index in [1.807, 2.05) is 12.1 Å². The van der Waals surface area contributed by atoms with Crippen molar-refractivity contribution in [3.63, 3.8) is 0 Å². The number of carbonyl (C=O) groups excluding carboxylic acids is 4. The number of aromatic nitrogens is 2. The molecule has 14 heteroatoms. The van der Waals surface area contributed by atoms with Crippen molar-refractivity contribution < 1.29 is 32.3 Å². The first kappa shape index (κ1) is 31.2. The Bertz CT molecular complexity index is 1840. The molecule has 3 aliphatic heterocycles. The average Bonchev–Trinajstić information content (AvgIpc) is 3.57. The van der Waals surface area contributed by atoms with Crippen LogP contribution in [0.4, 0.5) is 24.5 Å². The maximum absolute atomic E-state index is 13.0. The van der Waals surface area contributed by atoms with Crippen molar-refractivity contribution in [1.82, 2.24) is 20.0 Å². The summed E-state index contributed by atoms with van der Waals surface area (Å²) in [6.07, 6.45) is -0.876. The summed E-state index contributed by atoms with van der Waals surface area (Å²) in [6, 6.07) is 7.67. The fourth-order valence-electron chi connectivity index (χ4n) is 5.59. The number of carbonyl (C=O) groups is 4. The number of anilines is 2. The largest absolute Gasteiger partial charge is 0.416 e. The first-order chi connectivity index (χ1) is 21.7. The number of fused-ring (bicyclic) bond motifs is 1. The van der Waals surface area contributed by atoms with Gasteiger partial charge in [-0.25, -0.2) is 0 Å². The van der Waals surface area contributed by atoms with Crippen LogP contribution in [-0.2, 0) is 32.6 Å². The topological polar surface area (TPSA) is 117 Å². The SMILES string of the molecule is CC(C)(C(=O)Nc1ccc(C(F)(F)F)cc1Cl)n1cc(C#CC2CN(c3ccc4c(c3)CN(C3CCC(=O)NC3=O)C4=O)C2)cn1. The van der Waals surface area contributed by atoms with E-state index in [2.05, 4.69) is 32.5 Å². The Morgan fingerprint density at radius 2 is 1.87 bits per heavy atom. The molecule has 0 spiro atoms. The van der Waals surface area contributed by atoms with Crippen molar-refractivity contribution in [3.8, 4) is 11.8 Å². The molecule has 0 aliphatic carbocycles. The molecule has 2 saturated heterocycles. The van der Waals surface area contributed by atoms with E-state index < -0.39 is 35.1 Å². The number of hydrogen-bond acceptors (Lipinski definition) is 6. The van der Waals surface area contributed by atoms with Gasteiger partial charge in [-0.3, -0.25) is 29.2 Å². The lowest BCUT2D eigenvalue weighted by molar-refractivity contribution is -0.138. The summed E-state index contributed by atoms with van der Waals surface area (Å²) in [6.45, 7) is 4.88. The molecule has 2 N–H and O–H groups in total. The summed E-state index contributed by atoms with van der Waals surface area (Å²) >= 11 is 6.00. The molecule has 4 heterocycles. The van der Waals surface area contributed by atoms with E-state index in [9.17, 15) is 32.3 Å². The Kier molecular flexibility index (Phi) is 7.80. The number of benzene rings is 2. The van der Waals surface area contributed by atoms with E-state index in [1.165, 1.54) is 15.8 Å². The normalized spacial score (nSPS) is 18.5. The number of halogens is 4. The van der Waals surface area contributed by atoms with Gasteiger partial charge in [0.2, 0.25) is 11.8 Å². The van der Waals surface area contributed by atoms with E-state index in [4.69, 9.17) is 11.6 Å². The third-order valence-electron chi connectivity index (χ3n) is 8.43. The minimum Gasteiger partial charge on any atom is -0.369 e. The van der Waals surface area contributed by atoms with Crippen LogP contribution in [0, 0.1) is 17.8 Å². The van der Waals surface area contributed by atoms with Gasteiger partial charge in [-0.1, -0.05) is 23.4 Å². The number of alkyl halides is 3. The zero-order valence-electron chi connectivity index (χ0n) is 24.7. The summed E-state index contributed by atoms with van der Waals surface area (Å²) < 4.78 is 40.3. The molecule has 2 aromatic carbocycles. The number of nitrogens with one attached hydrogen (secondary N) is 2. The van der Waals surface area contributed by atoms with Gasteiger partial charge < -0.3 is 15.1 Å². The van der Waals surface area contributed by atoms with Crippen LogP contribution in [0.3, 0.4) is 0 Å². The van der Waals surface area contributed by atoms with E-state index in [0.717, 1.165) is 29.4 Å². The molecule has 2 fully saturated rings. The maximum Gasteiger partial charge on any atom is 0.416 e. The molecular formula is C32H28ClF3N6O4. The summed E-state index contributed by atoms with van der Waals surface area (Å²) in [4.78, 5) is 53.5. The lowest BCUT2D eigenvalue weighted by Gasteiger charge is -2.38. The smallest absolute Gasteiger partial charge is 0.369 e. The Balaban J connectivity index is 1.05. The van der Waals surface area contributed by atoms with Gasteiger partial charge in [0.15, 0.2) is 0 Å². The number of amides is 4. The van der Waals surface area contributed by atoms with Gasteiger partial charge in [0.25, 0.3) is 11.8 Å². The second kappa shape index (κ2) is 11.5. The van der Waals surface area contributed by atoms with Crippen LogP contribution in [-0.4, -0.2) is 57.4 Å². The van der Waals surface area contributed by atoms with Crippen molar-refractivity contribution in [2.24, 2.45) is 5.92 Å². The minimum absolute atomic E-state index is 0.0519. The fraction of sp³-hybridized carbons (Fsp3) is 0.344. The average molecular weight is 653 g/mol. The monoisotopic (exact) mass is 652 g/mol. The van der Waals surface area contributed by atoms with Crippen LogP contribution in [0.2, 0.25) is 5.02 Å². The Labute approximate surface area is 266 Å². The minimum atomic E-state index is -4.55. The molecule has 0 saturated carbocycles. The van der Waals surface area contributed by atoms with Crippen molar-refractivity contribution in [2.75, 3.05) is 23.3 Å². The lowest BCUT2D eigenvalue weighted by atomic mass is 9.98. The molecule has 0 bridgehead atoms. The number of imide groups is 1. The molecule has 1 unspecified atom stereocenters. The first-order valence-corrected chi connectivity index (χ1v) is 14.9. The van der Waals surface area contributed by atoms with E-state index in [0.29, 0.717) is 37.2 Å². The highest BCUT2D eigenvalue weighted by molar-refractivity contribution is 6.33. The molecule has 3 aliphatic rings. The number of nitrogens with zero attached hydrogens (tertiary/aromatic N) is 4. The third kappa shape index (κ3) is 5.92. The van der Waals surface area contributed by atoms with Crippen molar-refractivity contribution >= 4 is 46.6 Å². The van der Waals surface area contributed by atoms with Crippen molar-refractivity contribution in [1.29, 1.82) is 0 Å². The van der Waals surface area contributed by atoms with Crippen LogP contribution in [0.1, 0.15) is 53.7 Å². The number of rotatable bonds is 5. The molecule has 1 aromatic heterocycles. The molecule has 10 nitrogen and oxygen atoms in total. The van der Waals surface area contributed by atoms with Crippen LogP contribution < -0.4 is 15.5 Å². The van der Waals surface area contributed by atoms with E-state index in [-0.39, 0.29) is 34.9 Å². The van der Waals surface area contributed by atoms with Crippen molar-refractivity contribution in [3.05, 3.63) is 76.1 Å². The predicted octanol–water partition coefficient (Wildman–Crippen LogP) is 4.18. The highest BCUT2D eigenvalue weighted by Crippen LogP contribution is 2.35. The quantitative estimate of drug-likeness (QED) is 0.316. The Morgan fingerprint density at radius 1 is 1.11 bits per heavy atom. The van der Waals surface area contributed by atoms with E-state index >= 15 is 0 Å². The van der Waals surface area contributed by atoms with Gasteiger partial charge in [0.05, 0.1) is 34.0 Å². The molecule has 0 radical (unpaired) electrons. The third-order valence-corrected chi connectivity index (χ3v) is 8.74. The maximum atomic E-state index is 13.0. The number of hydrogen-bond donors (Lipinski definition) is 2. The highest BCUT2D eigenvalue weighted by atomic mass is 35.5. The molecule has 238 valence electrons. The molecule has 3 aromatic rings. The number of piperidine rings is 1. The standard InChI is InChI=1S/C32H28ClF3N6O4/c1-31(2,30(46)38-25-8-5-21(12-24(25)33)32(34,35)36)42-16-18(13-37-42)3-4-19-14-40(15-19)22-6-7-23-20(11-22)17-41(29(23)45)26-9-10-27(43)39-28(26)44/h5-8,11-13,16,19,26H,9-10,14-15,17H2,1-2H3,(H,38,46)(H,39,43,44). The lowest BCUT2D eigenvalue weighted by Crippen LogP contribution is -2.52. The Hall–Kier alpha value is -4.83. The van der Waals surface area contributed by atoms with Crippen LogP contribution in [0.15, 0.2) is 48.8 Å². The van der Waals surface area contributed by atoms with Crippen molar-refractivity contribution in [2.45, 2.75) is 51.0 Å². The molecule has 1 atom stereocenters. The van der Waals surface area contributed by atoms with E-state index in [1.54, 1.807) is 26.1 Å². The fourth-order valence-corrected chi connectivity index (χ4v) is 5.82. The summed E-state index contributed by atoms with van der Waals surface area (Å²) in [5, 5.41) is 8.93. The van der Waals surface area contributed by atoms with Gasteiger partial charge in [-0.15, -0.1) is 0 Å². The van der Waals surface area contributed by atoms with Gasteiger partial charge in [-0.05, 0) is 62.2 Å². The van der Waals surface area contributed by atoms with Crippen LogP contribution in [0.25, 0.3) is 0 Å². The van der Waals surface area contributed by atoms with Gasteiger partial charge in [-0.2, -0.15) is 18.3 Å². The van der Waals surface area contributed by atoms with Gasteiger partial charge in [0.1, 0.15) is 11.6 Å². The second-order valence-electron chi connectivity index (χ2n) is 12.0. The Morgan fingerprint density at radius 3 is 2.57 bits per heavy atom. The molecule has 4 amide bonds. The molecule has 46 heavy (non-hydrogen) atoms. The molecule has 6 rings (SSSR count). The molecular weight excluding hydrogens is 625 g/mol. The second-order valence-corrected chi connectivity index (χ2v) is 12.4. The first-order valence-electron chi connectivity index (χ1n) is 14.5. The summed E-state index contributed by atoms with van der Waals surface area (Å²) in [7, 11) is 0. The summed E-state index contributed by atoms with van der Waals surface area (Å²) in [5.41, 5.74) is 0.864. The zero-order chi connectivity index (χ0) is 33.0. The predicted molar refractivity (Wildman–Crippen MR) is 162 cm³/mol. The summed E-state index contributed by atoms with van der Waals surface area (Å²) in [5.74, 6) is 4.89.